The number of hydrogen-bond donors (Lipinski definition) is 3. The van der Waals surface area contributed by atoms with Gasteiger partial charge in [0.1, 0.15) is 0 Å². The Morgan fingerprint density at radius 3 is 2.85 bits per heavy atom. The number of anilines is 1. The van der Waals surface area contributed by atoms with E-state index in [1.807, 2.05) is 5.38 Å². The van der Waals surface area contributed by atoms with E-state index in [2.05, 4.69) is 16.0 Å². The molecule has 8 heteroatoms. The van der Waals surface area contributed by atoms with Gasteiger partial charge in [-0.05, 0) is 54.7 Å². The van der Waals surface area contributed by atoms with Crippen LogP contribution in [0.1, 0.15) is 32.9 Å². The monoisotopic (exact) mass is 389 g/mol. The summed E-state index contributed by atoms with van der Waals surface area (Å²) in [4.78, 5) is 24.8. The zero-order valence-electron chi connectivity index (χ0n) is 14.0. The van der Waals surface area contributed by atoms with Gasteiger partial charge >= 0.3 is 0 Å². The summed E-state index contributed by atoms with van der Waals surface area (Å²) in [7, 11) is 0. The first-order valence-corrected chi connectivity index (χ1v) is 9.56. The molecule has 3 rings (SSSR count). The zero-order valence-corrected chi connectivity index (χ0v) is 15.6. The quantitative estimate of drug-likeness (QED) is 0.686. The maximum atomic E-state index is 12.3. The van der Waals surface area contributed by atoms with E-state index in [9.17, 15) is 9.59 Å². The number of carbonyl (C=O) groups excluding carboxylic acids is 2. The van der Waals surface area contributed by atoms with Crippen LogP contribution in [0.4, 0.5) is 5.69 Å². The zero-order chi connectivity index (χ0) is 18.4. The number of benzene rings is 1. The lowest BCUT2D eigenvalue weighted by Crippen LogP contribution is -2.34. The molecular formula is C18H19N3O3S2. The van der Waals surface area contributed by atoms with Crippen LogP contribution < -0.4 is 16.0 Å². The van der Waals surface area contributed by atoms with E-state index in [0.29, 0.717) is 22.7 Å². The van der Waals surface area contributed by atoms with Gasteiger partial charge in [0.25, 0.3) is 11.8 Å². The Morgan fingerprint density at radius 2 is 2.12 bits per heavy atom. The smallest absolute Gasteiger partial charge is 0.267 e. The van der Waals surface area contributed by atoms with Gasteiger partial charge in [0.05, 0.1) is 11.0 Å². The van der Waals surface area contributed by atoms with Crippen LogP contribution in [0.2, 0.25) is 0 Å². The minimum absolute atomic E-state index is 0.0975. The van der Waals surface area contributed by atoms with E-state index in [0.717, 1.165) is 19.4 Å². The molecular weight excluding hydrogens is 370 g/mol. The summed E-state index contributed by atoms with van der Waals surface area (Å²) in [5.74, 6) is -0.430. The maximum Gasteiger partial charge on any atom is 0.267 e. The molecule has 1 aromatic carbocycles. The summed E-state index contributed by atoms with van der Waals surface area (Å²) in [6.07, 6.45) is 2.11. The third kappa shape index (κ3) is 5.10. The lowest BCUT2D eigenvalue weighted by Gasteiger charge is -2.12. The average molecular weight is 390 g/mol. The average Bonchev–Trinajstić information content (AvgIpc) is 3.33. The molecule has 0 radical (unpaired) electrons. The number of amides is 2. The predicted molar refractivity (Wildman–Crippen MR) is 106 cm³/mol. The Hall–Kier alpha value is -2.29. The first kappa shape index (κ1) is 18.5. The Bertz CT molecular complexity index is 787. The van der Waals surface area contributed by atoms with E-state index in [4.69, 9.17) is 17.0 Å². The van der Waals surface area contributed by atoms with E-state index in [1.54, 1.807) is 36.4 Å². The summed E-state index contributed by atoms with van der Waals surface area (Å²) in [6.45, 7) is 1.26. The highest BCUT2D eigenvalue weighted by molar-refractivity contribution is 7.80. The van der Waals surface area contributed by atoms with Gasteiger partial charge in [-0.1, -0.05) is 12.1 Å². The molecule has 0 aliphatic carbocycles. The van der Waals surface area contributed by atoms with Crippen molar-refractivity contribution < 1.29 is 14.3 Å². The molecule has 0 saturated carbocycles. The molecule has 1 aliphatic heterocycles. The largest absolute Gasteiger partial charge is 0.376 e. The van der Waals surface area contributed by atoms with Crippen LogP contribution in [-0.2, 0) is 4.74 Å². The number of carbonyl (C=O) groups is 2. The predicted octanol–water partition coefficient (Wildman–Crippen LogP) is 2.78. The number of ether oxygens (including phenoxy) is 1. The van der Waals surface area contributed by atoms with Gasteiger partial charge in [0.15, 0.2) is 5.11 Å². The van der Waals surface area contributed by atoms with Gasteiger partial charge in [-0.3, -0.25) is 14.9 Å². The molecule has 6 nitrogen and oxygen atoms in total. The SMILES string of the molecule is O=C(NCC1CCCO1)c1cccc(NC(=S)NC(=O)c2cccs2)c1. The molecule has 0 spiro atoms. The fourth-order valence-corrected chi connectivity index (χ4v) is 3.42. The van der Waals surface area contributed by atoms with Gasteiger partial charge < -0.3 is 15.4 Å². The van der Waals surface area contributed by atoms with E-state index < -0.39 is 0 Å². The fourth-order valence-electron chi connectivity index (χ4n) is 2.59. The highest BCUT2D eigenvalue weighted by atomic mass is 32.1. The molecule has 3 N–H and O–H groups in total. The van der Waals surface area contributed by atoms with Crippen LogP contribution in [-0.4, -0.2) is 36.2 Å². The molecule has 0 bridgehead atoms. The van der Waals surface area contributed by atoms with Crippen molar-refractivity contribution in [3.63, 3.8) is 0 Å². The van der Waals surface area contributed by atoms with Crippen molar-refractivity contribution in [3.05, 3.63) is 52.2 Å². The van der Waals surface area contributed by atoms with Crippen LogP contribution in [0, 0.1) is 0 Å². The van der Waals surface area contributed by atoms with E-state index in [1.165, 1.54) is 11.3 Å². The van der Waals surface area contributed by atoms with Crippen molar-refractivity contribution in [3.8, 4) is 0 Å². The summed E-state index contributed by atoms with van der Waals surface area (Å²) < 4.78 is 5.50. The van der Waals surface area contributed by atoms with Crippen LogP contribution in [0.15, 0.2) is 41.8 Å². The number of thiophene rings is 1. The molecule has 1 unspecified atom stereocenters. The van der Waals surface area contributed by atoms with Crippen molar-refractivity contribution in [2.45, 2.75) is 18.9 Å². The summed E-state index contributed by atoms with van der Waals surface area (Å²) in [6, 6.07) is 10.5. The van der Waals surface area contributed by atoms with Crippen molar-refractivity contribution >= 4 is 46.2 Å². The Balaban J connectivity index is 1.53. The normalized spacial score (nSPS) is 16.1. The number of rotatable bonds is 5. The maximum absolute atomic E-state index is 12.3. The van der Waals surface area contributed by atoms with Crippen LogP contribution in [0.25, 0.3) is 0 Å². The van der Waals surface area contributed by atoms with Crippen molar-refractivity contribution in [2.75, 3.05) is 18.5 Å². The minimum atomic E-state index is -0.261. The molecule has 1 saturated heterocycles. The first-order chi connectivity index (χ1) is 12.6. The second-order valence-electron chi connectivity index (χ2n) is 5.81. The van der Waals surface area contributed by atoms with Crippen molar-refractivity contribution in [1.82, 2.24) is 10.6 Å². The number of thiocarbonyl (C=S) groups is 1. The van der Waals surface area contributed by atoms with Crippen LogP contribution in [0.5, 0.6) is 0 Å². The molecule has 2 heterocycles. The second kappa shape index (κ2) is 8.88. The molecule has 136 valence electrons. The third-order valence-electron chi connectivity index (χ3n) is 3.87. The van der Waals surface area contributed by atoms with E-state index in [-0.39, 0.29) is 23.0 Å². The summed E-state index contributed by atoms with van der Waals surface area (Å²) in [5.41, 5.74) is 1.15. The van der Waals surface area contributed by atoms with Gasteiger partial charge in [0, 0.05) is 24.4 Å². The molecule has 2 amide bonds. The number of nitrogens with one attached hydrogen (secondary N) is 3. The van der Waals surface area contributed by atoms with Crippen molar-refractivity contribution in [1.29, 1.82) is 0 Å². The molecule has 1 atom stereocenters. The molecule has 2 aromatic rings. The van der Waals surface area contributed by atoms with Crippen LogP contribution >= 0.6 is 23.6 Å². The highest BCUT2D eigenvalue weighted by Crippen LogP contribution is 2.13. The van der Waals surface area contributed by atoms with Gasteiger partial charge in [0.2, 0.25) is 0 Å². The van der Waals surface area contributed by atoms with Crippen LogP contribution in [0.3, 0.4) is 0 Å². The molecule has 1 fully saturated rings. The second-order valence-corrected chi connectivity index (χ2v) is 7.17. The molecule has 1 aliphatic rings. The standard InChI is InChI=1S/C18H19N3O3S2/c22-16(19-11-14-6-2-8-24-14)12-4-1-5-13(10-12)20-18(25)21-17(23)15-7-3-9-26-15/h1,3-5,7,9-10,14H,2,6,8,11H2,(H,19,22)(H2,20,21,23,25). The molecule has 1 aromatic heterocycles. The van der Waals surface area contributed by atoms with E-state index >= 15 is 0 Å². The minimum Gasteiger partial charge on any atom is -0.376 e. The Morgan fingerprint density at radius 1 is 1.23 bits per heavy atom. The fraction of sp³-hybridized carbons (Fsp3) is 0.278. The van der Waals surface area contributed by atoms with Gasteiger partial charge in [-0.25, -0.2) is 0 Å². The molecule has 26 heavy (non-hydrogen) atoms. The lowest BCUT2D eigenvalue weighted by atomic mass is 10.1. The first-order valence-electron chi connectivity index (χ1n) is 8.27. The highest BCUT2D eigenvalue weighted by Gasteiger charge is 2.17. The lowest BCUT2D eigenvalue weighted by molar-refractivity contribution is 0.0857. The van der Waals surface area contributed by atoms with Gasteiger partial charge in [-0.2, -0.15) is 0 Å². The summed E-state index contributed by atoms with van der Waals surface area (Å²) >= 11 is 6.50. The van der Waals surface area contributed by atoms with Gasteiger partial charge in [-0.15, -0.1) is 11.3 Å². The number of hydrogen-bond acceptors (Lipinski definition) is 5. The third-order valence-corrected chi connectivity index (χ3v) is 4.94. The van der Waals surface area contributed by atoms with Crippen molar-refractivity contribution in [2.24, 2.45) is 0 Å². The summed E-state index contributed by atoms with van der Waals surface area (Å²) in [5, 5.41) is 10.4. The Kier molecular flexibility index (Phi) is 6.32. The Labute approximate surface area is 160 Å². The topological polar surface area (TPSA) is 79.5 Å².